The zero-order valence-corrected chi connectivity index (χ0v) is 13.6. The van der Waals surface area contributed by atoms with Gasteiger partial charge in [0.25, 0.3) is 0 Å². The zero-order valence-electron chi connectivity index (χ0n) is 11.2. The Bertz CT molecular complexity index is 578. The van der Waals surface area contributed by atoms with Crippen molar-refractivity contribution >= 4 is 41.5 Å². The van der Waals surface area contributed by atoms with E-state index in [1.165, 1.54) is 0 Å². The van der Waals surface area contributed by atoms with Crippen LogP contribution in [0.4, 0.5) is 0 Å². The van der Waals surface area contributed by atoms with Gasteiger partial charge in [0.1, 0.15) is 11.9 Å². The maximum absolute atomic E-state index is 11.9. The molecule has 1 atom stereocenters. The number of hydrogen-bond donors (Lipinski definition) is 0. The Hall–Kier alpha value is -1.36. The fraction of sp³-hybridized carbons (Fsp3) is 0.214. The van der Waals surface area contributed by atoms with Crippen molar-refractivity contribution in [3.05, 3.63) is 59.1 Å². The highest BCUT2D eigenvalue weighted by atomic mass is 35.5. The second kappa shape index (κ2) is 8.17. The number of carbonyl (C=O) groups excluding carboxylic acids is 1. The third-order valence-corrected chi connectivity index (χ3v) is 3.42. The molecule has 2 aromatic rings. The number of aromatic nitrogens is 2. The Morgan fingerprint density at radius 1 is 1.29 bits per heavy atom. The molecule has 1 aromatic carbocycles. The molecule has 0 fully saturated rings. The lowest BCUT2D eigenvalue weighted by atomic mass is 10.0. The van der Waals surface area contributed by atoms with Crippen molar-refractivity contribution in [2.75, 3.05) is 12.9 Å². The third-order valence-electron chi connectivity index (χ3n) is 2.94. The number of carbonyl (C=O) groups is 1. The van der Waals surface area contributed by atoms with Gasteiger partial charge in [-0.3, -0.25) is 14.8 Å². The first-order chi connectivity index (χ1) is 9.63. The molecule has 0 N–H and O–H groups in total. The molecular weight excluding hydrogens is 333 g/mol. The summed E-state index contributed by atoms with van der Waals surface area (Å²) in [4.78, 5) is 21.8. The highest BCUT2D eigenvalue weighted by Gasteiger charge is 2.24. The molecule has 7 heteroatoms. The predicted octanol–water partition coefficient (Wildman–Crippen LogP) is 3.34. The molecule has 1 amide bonds. The van der Waals surface area contributed by atoms with Crippen LogP contribution in [0.2, 0.25) is 5.02 Å². The summed E-state index contributed by atoms with van der Waals surface area (Å²) < 4.78 is 0. The van der Waals surface area contributed by atoms with Crippen molar-refractivity contribution in [2.45, 2.75) is 6.04 Å². The van der Waals surface area contributed by atoms with Crippen molar-refractivity contribution in [3.63, 3.8) is 0 Å². The summed E-state index contributed by atoms with van der Waals surface area (Å²) in [7, 11) is 1.69. The van der Waals surface area contributed by atoms with Crippen LogP contribution in [0.5, 0.6) is 0 Å². The summed E-state index contributed by atoms with van der Waals surface area (Å²) in [5.74, 6) is -0.266. The van der Waals surface area contributed by atoms with E-state index in [1.807, 2.05) is 12.1 Å². The smallest absolute Gasteiger partial charge is 0.238 e. The minimum Gasteiger partial charge on any atom is -0.332 e. The molecular formula is C14H14Cl3N3O. The fourth-order valence-electron chi connectivity index (χ4n) is 1.93. The molecule has 4 nitrogen and oxygen atoms in total. The van der Waals surface area contributed by atoms with E-state index in [4.69, 9.17) is 23.2 Å². The monoisotopic (exact) mass is 345 g/mol. The third kappa shape index (κ3) is 4.30. The van der Waals surface area contributed by atoms with E-state index in [-0.39, 0.29) is 30.2 Å². The van der Waals surface area contributed by atoms with Crippen LogP contribution >= 0.6 is 35.6 Å². The number of alkyl halides is 1. The van der Waals surface area contributed by atoms with Crippen molar-refractivity contribution in [3.8, 4) is 0 Å². The Labute approximate surface area is 139 Å². The maximum Gasteiger partial charge on any atom is 0.238 e. The van der Waals surface area contributed by atoms with Crippen molar-refractivity contribution in [1.29, 1.82) is 0 Å². The molecule has 0 aliphatic rings. The van der Waals surface area contributed by atoms with Crippen LogP contribution in [-0.2, 0) is 4.79 Å². The van der Waals surface area contributed by atoms with Crippen LogP contribution in [0.3, 0.4) is 0 Å². The SMILES string of the molecule is CN(C(=O)CCl)C(c1ccc(Cl)cc1)c1cnccn1.Cl. The molecule has 21 heavy (non-hydrogen) atoms. The molecule has 1 heterocycles. The molecule has 0 bridgehead atoms. The van der Waals surface area contributed by atoms with Gasteiger partial charge in [-0.15, -0.1) is 24.0 Å². The largest absolute Gasteiger partial charge is 0.332 e. The molecule has 0 spiro atoms. The van der Waals surface area contributed by atoms with Crippen molar-refractivity contribution < 1.29 is 4.79 Å². The highest BCUT2D eigenvalue weighted by Crippen LogP contribution is 2.27. The maximum atomic E-state index is 11.9. The molecule has 2 rings (SSSR count). The number of benzene rings is 1. The number of hydrogen-bond acceptors (Lipinski definition) is 3. The van der Waals surface area contributed by atoms with Gasteiger partial charge >= 0.3 is 0 Å². The number of amides is 1. The first-order valence-corrected chi connectivity index (χ1v) is 6.87. The lowest BCUT2D eigenvalue weighted by Crippen LogP contribution is -2.33. The minimum atomic E-state index is -0.341. The Kier molecular flexibility index (Phi) is 6.89. The van der Waals surface area contributed by atoms with E-state index in [0.717, 1.165) is 5.56 Å². The Morgan fingerprint density at radius 3 is 2.48 bits per heavy atom. The van der Waals surface area contributed by atoms with Crippen molar-refractivity contribution in [1.82, 2.24) is 14.9 Å². The summed E-state index contributed by atoms with van der Waals surface area (Å²) in [5, 5.41) is 0.637. The van der Waals surface area contributed by atoms with Gasteiger partial charge in [-0.05, 0) is 17.7 Å². The summed E-state index contributed by atoms with van der Waals surface area (Å²) in [6.45, 7) is 0. The average Bonchev–Trinajstić information content (AvgIpc) is 2.49. The van der Waals surface area contributed by atoms with Gasteiger partial charge in [0, 0.05) is 24.5 Å². The average molecular weight is 347 g/mol. The van der Waals surface area contributed by atoms with E-state index in [1.54, 1.807) is 42.7 Å². The summed E-state index contributed by atoms with van der Waals surface area (Å²) in [6, 6.07) is 6.94. The molecule has 112 valence electrons. The summed E-state index contributed by atoms with van der Waals surface area (Å²) >= 11 is 11.5. The highest BCUT2D eigenvalue weighted by molar-refractivity contribution is 6.30. The second-order valence-corrected chi connectivity index (χ2v) is 4.93. The Morgan fingerprint density at radius 2 is 1.95 bits per heavy atom. The van der Waals surface area contributed by atoms with Gasteiger partial charge in [0.15, 0.2) is 0 Å². The summed E-state index contributed by atoms with van der Waals surface area (Å²) in [5.41, 5.74) is 1.58. The van der Waals surface area contributed by atoms with Crippen LogP contribution in [-0.4, -0.2) is 33.7 Å². The molecule has 0 radical (unpaired) electrons. The van der Waals surface area contributed by atoms with Gasteiger partial charge in [-0.25, -0.2) is 0 Å². The van der Waals surface area contributed by atoms with Gasteiger partial charge in [0.05, 0.1) is 11.9 Å². The van der Waals surface area contributed by atoms with Gasteiger partial charge in [0.2, 0.25) is 5.91 Å². The predicted molar refractivity (Wildman–Crippen MR) is 86.1 cm³/mol. The molecule has 1 aromatic heterocycles. The van der Waals surface area contributed by atoms with Crippen LogP contribution in [0.25, 0.3) is 0 Å². The van der Waals surface area contributed by atoms with Gasteiger partial charge in [-0.2, -0.15) is 0 Å². The van der Waals surface area contributed by atoms with Crippen LogP contribution < -0.4 is 0 Å². The number of rotatable bonds is 4. The molecule has 0 aliphatic heterocycles. The van der Waals surface area contributed by atoms with E-state index in [0.29, 0.717) is 10.7 Å². The first-order valence-electron chi connectivity index (χ1n) is 5.96. The minimum absolute atomic E-state index is 0. The lowest BCUT2D eigenvalue weighted by Gasteiger charge is -2.27. The normalized spacial score (nSPS) is 11.4. The molecule has 1 unspecified atom stereocenters. The van der Waals surface area contributed by atoms with E-state index in [9.17, 15) is 4.79 Å². The molecule has 0 aliphatic carbocycles. The zero-order chi connectivity index (χ0) is 14.5. The van der Waals surface area contributed by atoms with E-state index in [2.05, 4.69) is 9.97 Å². The quantitative estimate of drug-likeness (QED) is 0.798. The van der Waals surface area contributed by atoms with Crippen molar-refractivity contribution in [2.24, 2.45) is 0 Å². The van der Waals surface area contributed by atoms with E-state index >= 15 is 0 Å². The molecule has 0 saturated heterocycles. The lowest BCUT2D eigenvalue weighted by molar-refractivity contribution is -0.128. The van der Waals surface area contributed by atoms with Crippen LogP contribution in [0.1, 0.15) is 17.3 Å². The molecule has 0 saturated carbocycles. The fourth-order valence-corrected chi connectivity index (χ4v) is 2.24. The number of halogens is 3. The first kappa shape index (κ1) is 17.7. The van der Waals surface area contributed by atoms with Crippen LogP contribution in [0, 0.1) is 0 Å². The van der Waals surface area contributed by atoms with E-state index < -0.39 is 0 Å². The summed E-state index contributed by atoms with van der Waals surface area (Å²) in [6.07, 6.45) is 4.82. The second-order valence-electron chi connectivity index (χ2n) is 4.22. The van der Waals surface area contributed by atoms with Gasteiger partial charge in [-0.1, -0.05) is 23.7 Å². The van der Waals surface area contributed by atoms with Gasteiger partial charge < -0.3 is 4.90 Å². The topological polar surface area (TPSA) is 46.1 Å². The Balaban J connectivity index is 0.00000220. The standard InChI is InChI=1S/C14H13Cl2N3O.ClH/c1-19(13(20)8-15)14(12-9-17-6-7-18-12)10-2-4-11(16)5-3-10;/h2-7,9,14H,8H2,1H3;1H. The number of nitrogens with zero attached hydrogens (tertiary/aromatic N) is 3. The van der Waals surface area contributed by atoms with Crippen LogP contribution in [0.15, 0.2) is 42.9 Å².